The third kappa shape index (κ3) is 6.21. The van der Waals surface area contributed by atoms with Crippen LogP contribution in [0.15, 0.2) is 34.6 Å². The number of benzene rings is 1. The monoisotopic (exact) mass is 442 g/mol. The second-order valence-electron chi connectivity index (χ2n) is 8.40. The number of nitrogens with one attached hydrogen (secondary N) is 2. The third-order valence-electron chi connectivity index (χ3n) is 6.00. The lowest BCUT2D eigenvalue weighted by Crippen LogP contribution is -2.42. The Morgan fingerprint density at radius 1 is 1.32 bits per heavy atom. The van der Waals surface area contributed by atoms with Gasteiger partial charge in [-0.1, -0.05) is 12.1 Å². The first-order chi connectivity index (χ1) is 15.2. The Bertz CT molecular complexity index is 876. The highest BCUT2D eigenvalue weighted by Gasteiger charge is 2.18. The molecule has 0 spiro atoms. The Morgan fingerprint density at radius 3 is 3.10 bits per heavy atom. The standard InChI is InChI=1S/C24H34N4O2S/c1-18-3-4-20(22(13-18)30-17-19-6-11-29-16-19)14-27-24(25-2)26-8-10-28-9-5-23-21(15-28)7-12-31-23/h3-4,7,12-13,19H,5-6,8-11,14-17H2,1-2H3,(H2,25,26,27). The molecule has 1 unspecified atom stereocenters. The highest BCUT2D eigenvalue weighted by molar-refractivity contribution is 7.10. The number of hydrogen-bond donors (Lipinski definition) is 2. The lowest BCUT2D eigenvalue weighted by molar-refractivity contribution is 0.166. The fourth-order valence-electron chi connectivity index (χ4n) is 4.09. The van der Waals surface area contributed by atoms with Crippen LogP contribution in [-0.4, -0.2) is 57.4 Å². The van der Waals surface area contributed by atoms with Crippen LogP contribution in [0.3, 0.4) is 0 Å². The summed E-state index contributed by atoms with van der Waals surface area (Å²) in [5, 5.41) is 9.11. The number of fused-ring (bicyclic) bond motifs is 1. The quantitative estimate of drug-likeness (QED) is 0.486. The lowest BCUT2D eigenvalue weighted by Gasteiger charge is -2.27. The largest absolute Gasteiger partial charge is 0.493 e. The van der Waals surface area contributed by atoms with E-state index in [1.165, 1.54) is 17.5 Å². The second-order valence-corrected chi connectivity index (χ2v) is 9.40. The zero-order valence-electron chi connectivity index (χ0n) is 18.7. The molecule has 7 heteroatoms. The summed E-state index contributed by atoms with van der Waals surface area (Å²) in [5.41, 5.74) is 3.85. The molecule has 6 nitrogen and oxygen atoms in total. The smallest absolute Gasteiger partial charge is 0.191 e. The minimum Gasteiger partial charge on any atom is -0.493 e. The van der Waals surface area contributed by atoms with E-state index in [2.05, 4.69) is 57.1 Å². The Morgan fingerprint density at radius 2 is 2.26 bits per heavy atom. The maximum absolute atomic E-state index is 6.16. The summed E-state index contributed by atoms with van der Waals surface area (Å²) in [6, 6.07) is 8.66. The summed E-state index contributed by atoms with van der Waals surface area (Å²) in [6.45, 7) is 9.23. The summed E-state index contributed by atoms with van der Waals surface area (Å²) in [7, 11) is 1.82. The fraction of sp³-hybridized carbons (Fsp3) is 0.542. The molecule has 2 aliphatic rings. The Balaban J connectivity index is 1.23. The molecule has 168 valence electrons. The molecule has 1 aromatic heterocycles. The van der Waals surface area contributed by atoms with Crippen molar-refractivity contribution in [1.29, 1.82) is 0 Å². The average Bonchev–Trinajstić information content (AvgIpc) is 3.47. The number of hydrogen-bond acceptors (Lipinski definition) is 5. The third-order valence-corrected chi connectivity index (χ3v) is 7.02. The molecule has 3 heterocycles. The van der Waals surface area contributed by atoms with E-state index in [1.807, 2.05) is 18.4 Å². The van der Waals surface area contributed by atoms with Gasteiger partial charge in [0.25, 0.3) is 0 Å². The van der Waals surface area contributed by atoms with Gasteiger partial charge >= 0.3 is 0 Å². The maximum atomic E-state index is 6.16. The molecular weight excluding hydrogens is 408 g/mol. The topological polar surface area (TPSA) is 58.1 Å². The van der Waals surface area contributed by atoms with Gasteiger partial charge in [-0.3, -0.25) is 9.89 Å². The molecule has 0 radical (unpaired) electrons. The predicted molar refractivity (Wildman–Crippen MR) is 127 cm³/mol. The molecule has 1 saturated heterocycles. The van der Waals surface area contributed by atoms with Crippen molar-refractivity contribution in [2.24, 2.45) is 10.9 Å². The first kappa shape index (κ1) is 22.1. The van der Waals surface area contributed by atoms with Crippen LogP contribution >= 0.6 is 11.3 Å². The van der Waals surface area contributed by atoms with Crippen LogP contribution in [0.2, 0.25) is 0 Å². The number of aliphatic imine (C=N–C) groups is 1. The molecule has 0 aliphatic carbocycles. The van der Waals surface area contributed by atoms with Gasteiger partial charge in [-0.2, -0.15) is 0 Å². The Labute approximate surface area is 189 Å². The molecule has 4 rings (SSSR count). The van der Waals surface area contributed by atoms with Gasteiger partial charge in [0.2, 0.25) is 0 Å². The van der Waals surface area contributed by atoms with E-state index in [0.717, 1.165) is 63.1 Å². The Hall–Kier alpha value is -2.09. The molecule has 31 heavy (non-hydrogen) atoms. The molecule has 1 fully saturated rings. The normalized spacial score (nSPS) is 19.3. The number of nitrogens with zero attached hydrogens (tertiary/aromatic N) is 2. The van der Waals surface area contributed by atoms with E-state index in [0.29, 0.717) is 19.1 Å². The van der Waals surface area contributed by atoms with Crippen molar-refractivity contribution >= 4 is 17.3 Å². The van der Waals surface area contributed by atoms with Gasteiger partial charge in [0.1, 0.15) is 5.75 Å². The zero-order chi connectivity index (χ0) is 21.5. The van der Waals surface area contributed by atoms with Crippen LogP contribution in [0, 0.1) is 12.8 Å². The summed E-state index contributed by atoms with van der Waals surface area (Å²) < 4.78 is 11.6. The number of thiophene rings is 1. The van der Waals surface area contributed by atoms with Crippen LogP contribution in [0.1, 0.15) is 28.0 Å². The molecule has 2 N–H and O–H groups in total. The van der Waals surface area contributed by atoms with Crippen LogP contribution in [-0.2, 0) is 24.2 Å². The van der Waals surface area contributed by atoms with Crippen molar-refractivity contribution in [1.82, 2.24) is 15.5 Å². The van der Waals surface area contributed by atoms with E-state index in [1.54, 1.807) is 4.88 Å². The fourth-order valence-corrected chi connectivity index (χ4v) is 4.98. The minimum atomic E-state index is 0.496. The van der Waals surface area contributed by atoms with Crippen LogP contribution < -0.4 is 15.4 Å². The minimum absolute atomic E-state index is 0.496. The molecule has 1 aromatic carbocycles. The summed E-state index contributed by atoms with van der Waals surface area (Å²) in [5.74, 6) is 2.27. The van der Waals surface area contributed by atoms with Gasteiger partial charge < -0.3 is 20.1 Å². The first-order valence-corrected chi connectivity index (χ1v) is 12.1. The van der Waals surface area contributed by atoms with Crippen LogP contribution in [0.4, 0.5) is 0 Å². The molecule has 0 saturated carbocycles. The van der Waals surface area contributed by atoms with E-state index in [9.17, 15) is 0 Å². The Kier molecular flexibility index (Phi) is 7.83. The van der Waals surface area contributed by atoms with Gasteiger partial charge in [0.05, 0.1) is 13.2 Å². The van der Waals surface area contributed by atoms with Gasteiger partial charge in [-0.15, -0.1) is 11.3 Å². The number of rotatable bonds is 8. The maximum Gasteiger partial charge on any atom is 0.191 e. The molecule has 1 atom stereocenters. The predicted octanol–water partition coefficient (Wildman–Crippen LogP) is 3.20. The number of aryl methyl sites for hydroxylation is 1. The number of ether oxygens (including phenoxy) is 2. The average molecular weight is 443 g/mol. The van der Waals surface area contributed by atoms with Gasteiger partial charge in [0.15, 0.2) is 5.96 Å². The van der Waals surface area contributed by atoms with E-state index >= 15 is 0 Å². The van der Waals surface area contributed by atoms with Gasteiger partial charge in [-0.05, 0) is 48.4 Å². The van der Waals surface area contributed by atoms with Gasteiger partial charge in [-0.25, -0.2) is 0 Å². The van der Waals surface area contributed by atoms with Crippen molar-refractivity contribution in [3.05, 3.63) is 51.2 Å². The molecular formula is C24H34N4O2S. The van der Waals surface area contributed by atoms with Crippen molar-refractivity contribution in [3.63, 3.8) is 0 Å². The van der Waals surface area contributed by atoms with Crippen molar-refractivity contribution in [3.8, 4) is 5.75 Å². The molecule has 0 bridgehead atoms. The van der Waals surface area contributed by atoms with Crippen molar-refractivity contribution in [2.75, 3.05) is 46.5 Å². The molecule has 0 amide bonds. The summed E-state index contributed by atoms with van der Waals surface area (Å²) >= 11 is 1.89. The van der Waals surface area contributed by atoms with Gasteiger partial charge in [0, 0.05) is 62.7 Å². The summed E-state index contributed by atoms with van der Waals surface area (Å²) in [6.07, 6.45) is 2.25. The van der Waals surface area contributed by atoms with Crippen molar-refractivity contribution < 1.29 is 9.47 Å². The highest BCUT2D eigenvalue weighted by atomic mass is 32.1. The first-order valence-electron chi connectivity index (χ1n) is 11.2. The van der Waals surface area contributed by atoms with E-state index in [4.69, 9.17) is 9.47 Å². The molecule has 2 aromatic rings. The van der Waals surface area contributed by atoms with Crippen LogP contribution in [0.5, 0.6) is 5.75 Å². The summed E-state index contributed by atoms with van der Waals surface area (Å²) in [4.78, 5) is 8.45. The SMILES string of the molecule is CN=C(NCCN1CCc2sccc2C1)NCc1ccc(C)cc1OCC1CCOC1. The second kappa shape index (κ2) is 11.0. The zero-order valence-corrected chi connectivity index (χ0v) is 19.5. The number of guanidine groups is 1. The van der Waals surface area contributed by atoms with E-state index in [-0.39, 0.29) is 0 Å². The molecule has 2 aliphatic heterocycles. The van der Waals surface area contributed by atoms with Crippen LogP contribution in [0.25, 0.3) is 0 Å². The van der Waals surface area contributed by atoms with E-state index < -0.39 is 0 Å². The van der Waals surface area contributed by atoms with Crippen molar-refractivity contribution in [2.45, 2.75) is 32.9 Å². The highest BCUT2D eigenvalue weighted by Crippen LogP contribution is 2.24. The lowest BCUT2D eigenvalue weighted by atomic mass is 10.1.